The van der Waals surface area contributed by atoms with Crippen molar-refractivity contribution < 1.29 is 22.4 Å². The summed E-state index contributed by atoms with van der Waals surface area (Å²) in [6, 6.07) is 9.39. The third kappa shape index (κ3) is 4.75. The van der Waals surface area contributed by atoms with Crippen LogP contribution in [-0.2, 0) is 11.3 Å². The van der Waals surface area contributed by atoms with Crippen molar-refractivity contribution in [3.8, 4) is 0 Å². The molecule has 0 aliphatic carbocycles. The van der Waals surface area contributed by atoms with E-state index in [0.717, 1.165) is 5.56 Å². The highest BCUT2D eigenvalue weighted by molar-refractivity contribution is 7.99. The van der Waals surface area contributed by atoms with E-state index in [1.165, 1.54) is 0 Å². The van der Waals surface area contributed by atoms with Gasteiger partial charge in [-0.3, -0.25) is 4.79 Å². The van der Waals surface area contributed by atoms with Crippen LogP contribution in [0.15, 0.2) is 41.3 Å². The van der Waals surface area contributed by atoms with Crippen molar-refractivity contribution in [3.05, 3.63) is 65.2 Å². The molecule has 134 valence electrons. The number of rotatable bonds is 6. The summed E-state index contributed by atoms with van der Waals surface area (Å²) >= 11 is 0.568. The second kappa shape index (κ2) is 7.91. The van der Waals surface area contributed by atoms with Crippen molar-refractivity contribution in [2.75, 3.05) is 5.75 Å². The Morgan fingerprint density at radius 3 is 2.16 bits per heavy atom. The average molecular weight is 371 g/mol. The summed E-state index contributed by atoms with van der Waals surface area (Å²) in [7, 11) is 0. The molecule has 0 aliphatic heterocycles. The van der Waals surface area contributed by atoms with Crippen LogP contribution in [0.2, 0.25) is 0 Å². The zero-order chi connectivity index (χ0) is 18.6. The zero-order valence-electron chi connectivity index (χ0n) is 13.7. The lowest BCUT2D eigenvalue weighted by Crippen LogP contribution is -2.38. The van der Waals surface area contributed by atoms with Gasteiger partial charge in [-0.05, 0) is 5.56 Å². The quantitative estimate of drug-likeness (QED) is 0.454. The number of carbonyl (C=O) groups excluding carboxylic acids is 1. The fourth-order valence-corrected chi connectivity index (χ4v) is 3.10. The molecule has 0 radical (unpaired) electrons. The van der Waals surface area contributed by atoms with Gasteiger partial charge in [-0.15, -0.1) is 11.8 Å². The molecule has 0 spiro atoms. The van der Waals surface area contributed by atoms with Crippen molar-refractivity contribution in [1.29, 1.82) is 0 Å². The topological polar surface area (TPSA) is 29.1 Å². The number of hydrogen-bond donors (Lipinski definition) is 1. The standard InChI is InChI=1S/C18H17F4NOS/c1-18(2,17(24)23-9-11-6-4-3-5-7-11)10-25-16-14(21)12(19)8-13(20)15(16)22/h3-8H,9-10H2,1-2H3,(H,23,24). The minimum Gasteiger partial charge on any atom is -0.352 e. The first-order chi connectivity index (χ1) is 11.7. The number of carbonyl (C=O) groups is 1. The molecule has 0 saturated carbocycles. The molecule has 1 N–H and O–H groups in total. The van der Waals surface area contributed by atoms with Crippen molar-refractivity contribution in [2.24, 2.45) is 5.41 Å². The molecule has 7 heteroatoms. The van der Waals surface area contributed by atoms with Crippen LogP contribution in [0.4, 0.5) is 17.6 Å². The Kier molecular flexibility index (Phi) is 6.11. The van der Waals surface area contributed by atoms with E-state index >= 15 is 0 Å². The fraction of sp³-hybridized carbons (Fsp3) is 0.278. The monoisotopic (exact) mass is 371 g/mol. The predicted molar refractivity (Wildman–Crippen MR) is 89.1 cm³/mol. The molecule has 2 rings (SSSR count). The highest BCUT2D eigenvalue weighted by atomic mass is 32.2. The van der Waals surface area contributed by atoms with E-state index in [-0.39, 0.29) is 17.7 Å². The summed E-state index contributed by atoms with van der Waals surface area (Å²) in [5, 5.41) is 2.74. The van der Waals surface area contributed by atoms with Crippen LogP contribution in [-0.4, -0.2) is 11.7 Å². The van der Waals surface area contributed by atoms with E-state index in [1.54, 1.807) is 13.8 Å². The minimum atomic E-state index is -1.47. The summed E-state index contributed by atoms with van der Waals surface area (Å²) in [5.41, 5.74) is -0.0928. The van der Waals surface area contributed by atoms with Crippen LogP contribution in [0.3, 0.4) is 0 Å². The van der Waals surface area contributed by atoms with Gasteiger partial charge in [-0.25, -0.2) is 17.6 Å². The number of halogens is 4. The van der Waals surface area contributed by atoms with Gasteiger partial charge in [0.1, 0.15) is 0 Å². The van der Waals surface area contributed by atoms with E-state index in [0.29, 0.717) is 18.3 Å². The summed E-state index contributed by atoms with van der Waals surface area (Å²) in [6.45, 7) is 3.49. The van der Waals surface area contributed by atoms with Crippen LogP contribution in [0, 0.1) is 28.7 Å². The summed E-state index contributed by atoms with van der Waals surface area (Å²) < 4.78 is 53.8. The Labute approximate surface area is 147 Å². The largest absolute Gasteiger partial charge is 0.352 e. The van der Waals surface area contributed by atoms with Gasteiger partial charge < -0.3 is 5.32 Å². The third-order valence-electron chi connectivity index (χ3n) is 3.56. The van der Waals surface area contributed by atoms with Gasteiger partial charge in [0.05, 0.1) is 10.3 Å². The Bertz CT molecular complexity index is 739. The lowest BCUT2D eigenvalue weighted by Gasteiger charge is -2.23. The molecule has 0 saturated heterocycles. The number of thioether (sulfide) groups is 1. The predicted octanol–water partition coefficient (Wildman–Crippen LogP) is 4.68. The zero-order valence-corrected chi connectivity index (χ0v) is 14.5. The van der Waals surface area contributed by atoms with Gasteiger partial charge in [0.25, 0.3) is 0 Å². The second-order valence-corrected chi connectivity index (χ2v) is 7.12. The molecule has 0 aliphatic rings. The Morgan fingerprint density at radius 1 is 1.04 bits per heavy atom. The molecule has 1 amide bonds. The number of benzene rings is 2. The molecule has 2 aromatic carbocycles. The summed E-state index contributed by atoms with van der Waals surface area (Å²) in [4.78, 5) is 11.5. The molecule has 25 heavy (non-hydrogen) atoms. The lowest BCUT2D eigenvalue weighted by atomic mass is 9.95. The minimum absolute atomic E-state index is 0.0512. The number of hydrogen-bond acceptors (Lipinski definition) is 2. The van der Waals surface area contributed by atoms with Gasteiger partial charge in [-0.2, -0.15) is 0 Å². The number of amides is 1. The Balaban J connectivity index is 2.03. The molecule has 2 aromatic rings. The van der Waals surface area contributed by atoms with Crippen molar-refractivity contribution in [2.45, 2.75) is 25.3 Å². The van der Waals surface area contributed by atoms with Crippen molar-refractivity contribution in [3.63, 3.8) is 0 Å². The van der Waals surface area contributed by atoms with Gasteiger partial charge in [0, 0.05) is 18.4 Å². The maximum atomic E-state index is 13.7. The normalized spacial score (nSPS) is 11.4. The Hall–Kier alpha value is -2.02. The molecule has 0 fully saturated rings. The highest BCUT2D eigenvalue weighted by Gasteiger charge is 2.29. The van der Waals surface area contributed by atoms with Gasteiger partial charge in [0.2, 0.25) is 5.91 Å². The van der Waals surface area contributed by atoms with E-state index in [2.05, 4.69) is 5.32 Å². The molecular formula is C18H17F4NOS. The van der Waals surface area contributed by atoms with Gasteiger partial charge >= 0.3 is 0 Å². The first kappa shape index (κ1) is 19.3. The summed E-state index contributed by atoms with van der Waals surface area (Å²) in [6.07, 6.45) is 0. The van der Waals surface area contributed by atoms with Crippen LogP contribution in [0.5, 0.6) is 0 Å². The maximum Gasteiger partial charge on any atom is 0.226 e. The van der Waals surface area contributed by atoms with Crippen LogP contribution in [0.1, 0.15) is 19.4 Å². The van der Waals surface area contributed by atoms with Crippen LogP contribution in [0.25, 0.3) is 0 Å². The first-order valence-corrected chi connectivity index (χ1v) is 8.49. The smallest absolute Gasteiger partial charge is 0.226 e. The highest BCUT2D eigenvalue weighted by Crippen LogP contribution is 2.33. The summed E-state index contributed by atoms with van der Waals surface area (Å²) in [5.74, 6) is -6.22. The van der Waals surface area contributed by atoms with Crippen LogP contribution < -0.4 is 5.32 Å². The van der Waals surface area contributed by atoms with Crippen LogP contribution >= 0.6 is 11.8 Å². The Morgan fingerprint density at radius 2 is 1.60 bits per heavy atom. The molecule has 2 nitrogen and oxygen atoms in total. The van der Waals surface area contributed by atoms with E-state index in [4.69, 9.17) is 0 Å². The lowest BCUT2D eigenvalue weighted by molar-refractivity contribution is -0.128. The molecule has 0 heterocycles. The molecule has 0 unspecified atom stereocenters. The third-order valence-corrected chi connectivity index (χ3v) is 5.07. The molecule has 0 bridgehead atoms. The first-order valence-electron chi connectivity index (χ1n) is 7.50. The van der Waals surface area contributed by atoms with E-state index in [1.807, 2.05) is 30.3 Å². The van der Waals surface area contributed by atoms with Crippen molar-refractivity contribution in [1.82, 2.24) is 5.32 Å². The molecule has 0 aromatic heterocycles. The average Bonchev–Trinajstić information content (AvgIpc) is 2.58. The second-order valence-electron chi connectivity index (χ2n) is 6.14. The van der Waals surface area contributed by atoms with Crippen molar-refractivity contribution >= 4 is 17.7 Å². The van der Waals surface area contributed by atoms with E-state index in [9.17, 15) is 22.4 Å². The maximum absolute atomic E-state index is 13.7. The fourth-order valence-electron chi connectivity index (χ4n) is 2.01. The van der Waals surface area contributed by atoms with Gasteiger partial charge in [0.15, 0.2) is 23.3 Å². The SMILES string of the molecule is CC(C)(CSc1c(F)c(F)cc(F)c1F)C(=O)NCc1ccccc1. The molecule has 0 atom stereocenters. The van der Waals surface area contributed by atoms with E-state index < -0.39 is 33.6 Å². The number of nitrogens with one attached hydrogen (secondary N) is 1. The van der Waals surface area contributed by atoms with Gasteiger partial charge in [-0.1, -0.05) is 44.2 Å². The molecular weight excluding hydrogens is 354 g/mol.